The van der Waals surface area contributed by atoms with Crippen molar-refractivity contribution in [2.75, 3.05) is 11.9 Å². The van der Waals surface area contributed by atoms with E-state index in [-0.39, 0.29) is 0 Å². The third-order valence-corrected chi connectivity index (χ3v) is 4.03. The second-order valence-corrected chi connectivity index (χ2v) is 5.62. The summed E-state index contributed by atoms with van der Waals surface area (Å²) in [6, 6.07) is 8.29. The summed E-state index contributed by atoms with van der Waals surface area (Å²) in [4.78, 5) is 4.61. The highest BCUT2D eigenvalue weighted by molar-refractivity contribution is 7.14. The van der Waals surface area contributed by atoms with Crippen LogP contribution in [0.5, 0.6) is 0 Å². The third-order valence-electron chi connectivity index (χ3n) is 3.23. The van der Waals surface area contributed by atoms with E-state index in [2.05, 4.69) is 39.9 Å². The molecule has 1 fully saturated rings. The minimum absolute atomic E-state index is 0.589. The van der Waals surface area contributed by atoms with E-state index in [9.17, 15) is 0 Å². The Morgan fingerprint density at radius 2 is 2.06 bits per heavy atom. The predicted molar refractivity (Wildman–Crippen MR) is 76.7 cm³/mol. The van der Waals surface area contributed by atoms with Gasteiger partial charge in [-0.2, -0.15) is 0 Å². The highest BCUT2D eigenvalue weighted by Crippen LogP contribution is 2.30. The molecule has 3 nitrogen and oxygen atoms in total. The summed E-state index contributed by atoms with van der Waals surface area (Å²) in [6.45, 7) is 1.66. The number of anilines is 1. The molecule has 3 rings (SSSR count). The zero-order valence-electron chi connectivity index (χ0n) is 10.2. The van der Waals surface area contributed by atoms with E-state index in [1.54, 1.807) is 11.3 Å². The van der Waals surface area contributed by atoms with Crippen LogP contribution in [0.25, 0.3) is 11.3 Å². The van der Waals surface area contributed by atoms with Gasteiger partial charge in [0.25, 0.3) is 0 Å². The summed E-state index contributed by atoms with van der Waals surface area (Å²) in [5.41, 5.74) is 8.95. The molecule has 1 aliphatic carbocycles. The monoisotopic (exact) mass is 259 g/mol. The Kier molecular flexibility index (Phi) is 3.30. The van der Waals surface area contributed by atoms with Gasteiger partial charge in [-0.05, 0) is 24.3 Å². The largest absolute Gasteiger partial charge is 0.361 e. The molecule has 0 amide bonds. The SMILES string of the molecule is NCc1ccc(-c2csc(NCC3CC3)n2)cc1. The minimum atomic E-state index is 0.589. The molecule has 4 heteroatoms. The van der Waals surface area contributed by atoms with E-state index in [1.807, 2.05) is 0 Å². The molecule has 1 aromatic heterocycles. The normalized spacial score (nSPS) is 14.7. The Hall–Kier alpha value is -1.39. The number of benzene rings is 1. The molecule has 0 unspecified atom stereocenters. The van der Waals surface area contributed by atoms with Crippen LogP contribution in [-0.2, 0) is 6.54 Å². The van der Waals surface area contributed by atoms with Crippen molar-refractivity contribution < 1.29 is 0 Å². The number of aromatic nitrogens is 1. The van der Waals surface area contributed by atoms with Gasteiger partial charge in [-0.15, -0.1) is 11.3 Å². The quantitative estimate of drug-likeness (QED) is 0.867. The molecule has 1 saturated carbocycles. The minimum Gasteiger partial charge on any atom is -0.361 e. The lowest BCUT2D eigenvalue weighted by Crippen LogP contribution is -2.02. The molecule has 0 aliphatic heterocycles. The zero-order chi connectivity index (χ0) is 12.4. The first-order chi connectivity index (χ1) is 8.85. The van der Waals surface area contributed by atoms with Crippen LogP contribution in [0.4, 0.5) is 5.13 Å². The van der Waals surface area contributed by atoms with E-state index in [0.717, 1.165) is 34.4 Å². The van der Waals surface area contributed by atoms with E-state index >= 15 is 0 Å². The van der Waals surface area contributed by atoms with Crippen molar-refractivity contribution in [2.24, 2.45) is 11.7 Å². The molecule has 94 valence electrons. The summed E-state index contributed by atoms with van der Waals surface area (Å²) < 4.78 is 0. The molecule has 0 spiro atoms. The number of nitrogens with zero attached hydrogens (tertiary/aromatic N) is 1. The maximum atomic E-state index is 5.59. The number of hydrogen-bond acceptors (Lipinski definition) is 4. The Labute approximate surface area is 111 Å². The van der Waals surface area contributed by atoms with Gasteiger partial charge in [-0.1, -0.05) is 24.3 Å². The second kappa shape index (κ2) is 5.08. The van der Waals surface area contributed by atoms with Crippen molar-refractivity contribution in [1.29, 1.82) is 0 Å². The lowest BCUT2D eigenvalue weighted by molar-refractivity contribution is 0.887. The first-order valence-electron chi connectivity index (χ1n) is 6.34. The number of rotatable bonds is 5. The van der Waals surface area contributed by atoms with Crippen LogP contribution in [0.15, 0.2) is 29.6 Å². The first kappa shape index (κ1) is 11.7. The van der Waals surface area contributed by atoms with Crippen LogP contribution < -0.4 is 11.1 Å². The van der Waals surface area contributed by atoms with Crippen LogP contribution >= 0.6 is 11.3 Å². The van der Waals surface area contributed by atoms with Gasteiger partial charge >= 0.3 is 0 Å². The molecule has 3 N–H and O–H groups in total. The molecule has 0 saturated heterocycles. The summed E-state index contributed by atoms with van der Waals surface area (Å²) in [6.07, 6.45) is 2.73. The number of thiazole rings is 1. The topological polar surface area (TPSA) is 50.9 Å². The fourth-order valence-electron chi connectivity index (χ4n) is 1.85. The van der Waals surface area contributed by atoms with Gasteiger partial charge in [0, 0.05) is 24.0 Å². The van der Waals surface area contributed by atoms with Gasteiger partial charge in [0.1, 0.15) is 0 Å². The lowest BCUT2D eigenvalue weighted by atomic mass is 10.1. The Bertz CT molecular complexity index is 514. The predicted octanol–water partition coefficient (Wildman–Crippen LogP) is 3.09. The standard InChI is InChI=1S/C14H17N3S/c15-7-10-3-5-12(6-4-10)13-9-18-14(17-13)16-8-11-1-2-11/h3-6,9,11H,1-2,7-8,15H2,(H,16,17). The highest BCUT2D eigenvalue weighted by Gasteiger charge is 2.21. The Balaban J connectivity index is 1.70. The molecule has 0 radical (unpaired) electrons. The molecule has 2 aromatic rings. The van der Waals surface area contributed by atoms with Gasteiger partial charge < -0.3 is 11.1 Å². The van der Waals surface area contributed by atoms with Gasteiger partial charge in [0.05, 0.1) is 5.69 Å². The van der Waals surface area contributed by atoms with E-state index in [1.165, 1.54) is 12.8 Å². The number of nitrogens with two attached hydrogens (primary N) is 1. The lowest BCUT2D eigenvalue weighted by Gasteiger charge is -2.00. The Morgan fingerprint density at radius 3 is 2.72 bits per heavy atom. The number of hydrogen-bond donors (Lipinski definition) is 2. The van der Waals surface area contributed by atoms with Crippen LogP contribution in [-0.4, -0.2) is 11.5 Å². The zero-order valence-corrected chi connectivity index (χ0v) is 11.0. The maximum absolute atomic E-state index is 5.59. The molecular weight excluding hydrogens is 242 g/mol. The number of nitrogens with one attached hydrogen (secondary N) is 1. The highest BCUT2D eigenvalue weighted by atomic mass is 32.1. The van der Waals surface area contributed by atoms with Crippen molar-refractivity contribution in [3.63, 3.8) is 0 Å². The smallest absolute Gasteiger partial charge is 0.183 e. The van der Waals surface area contributed by atoms with E-state index in [0.29, 0.717) is 6.54 Å². The maximum Gasteiger partial charge on any atom is 0.183 e. The van der Waals surface area contributed by atoms with Gasteiger partial charge in [-0.3, -0.25) is 0 Å². The van der Waals surface area contributed by atoms with Gasteiger partial charge in [0.15, 0.2) is 5.13 Å². The van der Waals surface area contributed by atoms with Gasteiger partial charge in [0.2, 0.25) is 0 Å². The fourth-order valence-corrected chi connectivity index (χ4v) is 2.58. The molecular formula is C14H17N3S. The van der Waals surface area contributed by atoms with Crippen molar-refractivity contribution in [3.8, 4) is 11.3 Å². The summed E-state index contributed by atoms with van der Waals surface area (Å²) >= 11 is 1.68. The molecule has 1 aromatic carbocycles. The average Bonchev–Trinajstić information content (AvgIpc) is 3.14. The van der Waals surface area contributed by atoms with Crippen molar-refractivity contribution in [1.82, 2.24) is 4.98 Å². The molecule has 1 heterocycles. The fraction of sp³-hybridized carbons (Fsp3) is 0.357. The van der Waals surface area contributed by atoms with E-state index in [4.69, 9.17) is 5.73 Å². The third kappa shape index (κ3) is 2.71. The summed E-state index contributed by atoms with van der Waals surface area (Å²) in [7, 11) is 0. The van der Waals surface area contributed by atoms with Crippen LogP contribution in [0.2, 0.25) is 0 Å². The van der Waals surface area contributed by atoms with Gasteiger partial charge in [-0.25, -0.2) is 4.98 Å². The Morgan fingerprint density at radius 1 is 1.28 bits per heavy atom. The average molecular weight is 259 g/mol. The first-order valence-corrected chi connectivity index (χ1v) is 7.22. The van der Waals surface area contributed by atoms with Crippen molar-refractivity contribution in [2.45, 2.75) is 19.4 Å². The van der Waals surface area contributed by atoms with Crippen LogP contribution in [0.3, 0.4) is 0 Å². The molecule has 1 aliphatic rings. The summed E-state index contributed by atoms with van der Waals surface area (Å²) in [5.74, 6) is 0.876. The summed E-state index contributed by atoms with van der Waals surface area (Å²) in [5, 5.41) is 6.54. The molecule has 0 atom stereocenters. The van der Waals surface area contributed by atoms with Crippen LogP contribution in [0, 0.1) is 5.92 Å². The molecule has 0 bridgehead atoms. The van der Waals surface area contributed by atoms with Crippen molar-refractivity contribution >= 4 is 16.5 Å². The second-order valence-electron chi connectivity index (χ2n) is 4.76. The van der Waals surface area contributed by atoms with Crippen LogP contribution in [0.1, 0.15) is 18.4 Å². The van der Waals surface area contributed by atoms with Crippen molar-refractivity contribution in [3.05, 3.63) is 35.2 Å². The van der Waals surface area contributed by atoms with E-state index < -0.39 is 0 Å². The molecule has 18 heavy (non-hydrogen) atoms.